The topological polar surface area (TPSA) is 61.8 Å². The number of alkyl halides is 2. The minimum atomic E-state index is -3.97. The molecule has 5 nitrogen and oxygen atoms in total. The van der Waals surface area contributed by atoms with Gasteiger partial charge in [0.1, 0.15) is 0 Å². The van der Waals surface area contributed by atoms with Crippen molar-refractivity contribution in [2.75, 3.05) is 13.1 Å². The first kappa shape index (κ1) is 22.8. The highest BCUT2D eigenvalue weighted by Crippen LogP contribution is 2.31. The van der Waals surface area contributed by atoms with Gasteiger partial charge in [-0.05, 0) is 37.6 Å². The molecule has 2 aromatic carbocycles. The third kappa shape index (κ3) is 5.42. The van der Waals surface area contributed by atoms with Crippen LogP contribution in [-0.2, 0) is 10.0 Å². The van der Waals surface area contributed by atoms with Crippen LogP contribution in [0.3, 0.4) is 0 Å². The number of likely N-dealkylation sites (tertiary alicyclic amines) is 1. The fraction of sp³-hybridized carbons (Fsp3) is 0.350. The Hall–Kier alpha value is -1.90. The number of sulfonamides is 1. The number of aryl methyl sites for hydroxylation is 1. The quantitative estimate of drug-likeness (QED) is 0.381. The van der Waals surface area contributed by atoms with Crippen molar-refractivity contribution in [2.24, 2.45) is 5.10 Å². The van der Waals surface area contributed by atoms with E-state index >= 15 is 0 Å². The van der Waals surface area contributed by atoms with Crippen LogP contribution in [-0.4, -0.2) is 38.2 Å². The average Bonchev–Trinajstić information content (AvgIpc) is 2.85. The molecule has 0 atom stereocenters. The van der Waals surface area contributed by atoms with Gasteiger partial charge in [-0.15, -0.1) is 5.10 Å². The first-order valence-electron chi connectivity index (χ1n) is 9.32. The zero-order valence-corrected chi connectivity index (χ0v) is 18.5. The van der Waals surface area contributed by atoms with Gasteiger partial charge in [-0.2, -0.15) is 13.2 Å². The van der Waals surface area contributed by atoms with E-state index in [1.54, 1.807) is 35.2 Å². The van der Waals surface area contributed by atoms with Gasteiger partial charge >= 0.3 is 0 Å². The van der Waals surface area contributed by atoms with Gasteiger partial charge in [0.15, 0.2) is 5.84 Å². The first-order valence-corrected chi connectivity index (χ1v) is 11.6. The maximum Gasteiger partial charge on any atom is 0.276 e. The molecule has 0 unspecified atom stereocenters. The minimum Gasteiger partial charge on any atom is -0.354 e. The van der Waals surface area contributed by atoms with Crippen molar-refractivity contribution in [1.82, 2.24) is 9.73 Å². The molecule has 1 saturated heterocycles. The largest absolute Gasteiger partial charge is 0.354 e. The highest BCUT2D eigenvalue weighted by molar-refractivity contribution is 7.89. The summed E-state index contributed by atoms with van der Waals surface area (Å²) >= 11 is 12.6. The number of halogens is 4. The van der Waals surface area contributed by atoms with Crippen LogP contribution in [0.25, 0.3) is 0 Å². The van der Waals surface area contributed by atoms with Crippen molar-refractivity contribution in [3.8, 4) is 0 Å². The second-order valence-corrected chi connectivity index (χ2v) is 9.61. The van der Waals surface area contributed by atoms with Crippen LogP contribution < -0.4 is 4.83 Å². The van der Waals surface area contributed by atoms with Crippen molar-refractivity contribution in [3.05, 3.63) is 63.6 Å². The number of hydrogen-bond acceptors (Lipinski definition) is 3. The number of hydrazone groups is 1. The summed E-state index contributed by atoms with van der Waals surface area (Å²) in [6, 6.07) is 11.1. The maximum absolute atomic E-state index is 13.9. The zero-order valence-electron chi connectivity index (χ0n) is 16.2. The molecule has 30 heavy (non-hydrogen) atoms. The normalized spacial score (nSPS) is 17.5. The Morgan fingerprint density at radius 2 is 1.70 bits per heavy atom. The molecule has 1 fully saturated rings. The molecule has 0 saturated carbocycles. The monoisotopic (exact) mass is 475 g/mol. The molecular weight excluding hydrogens is 455 g/mol. The fourth-order valence-corrected chi connectivity index (χ4v) is 4.52. The highest BCUT2D eigenvalue weighted by atomic mass is 35.5. The molecule has 0 aromatic heterocycles. The van der Waals surface area contributed by atoms with Gasteiger partial charge in [-0.3, -0.25) is 0 Å². The SMILES string of the molecule is Cc1ccc(S(=O)(=O)N/N=C(\c2c(Cl)cccc2Cl)N2CCCC(F)(F)CC2)cc1. The number of hydrogen-bond donors (Lipinski definition) is 1. The minimum absolute atomic E-state index is 0.0142. The van der Waals surface area contributed by atoms with E-state index in [0.29, 0.717) is 0 Å². The van der Waals surface area contributed by atoms with Crippen LogP contribution in [0.4, 0.5) is 8.78 Å². The summed E-state index contributed by atoms with van der Waals surface area (Å²) in [5.74, 6) is -2.68. The Labute approximate surface area is 184 Å². The molecule has 1 N–H and O–H groups in total. The van der Waals surface area contributed by atoms with Crippen LogP contribution in [0.5, 0.6) is 0 Å². The van der Waals surface area contributed by atoms with E-state index in [4.69, 9.17) is 23.2 Å². The molecule has 1 heterocycles. The van der Waals surface area contributed by atoms with Crippen molar-refractivity contribution >= 4 is 39.1 Å². The third-order valence-corrected chi connectivity index (χ3v) is 6.66. The number of benzene rings is 2. The lowest BCUT2D eigenvalue weighted by molar-refractivity contribution is -0.0118. The number of amidine groups is 1. The first-order chi connectivity index (χ1) is 14.1. The van der Waals surface area contributed by atoms with Crippen LogP contribution in [0, 0.1) is 6.92 Å². The molecule has 0 aliphatic carbocycles. The number of rotatable bonds is 4. The molecule has 0 radical (unpaired) electrons. The van der Waals surface area contributed by atoms with Crippen LogP contribution in [0.1, 0.15) is 30.4 Å². The summed E-state index contributed by atoms with van der Waals surface area (Å²) < 4.78 is 53.1. The molecule has 10 heteroatoms. The Morgan fingerprint density at radius 3 is 2.33 bits per heavy atom. The predicted octanol–water partition coefficient (Wildman–Crippen LogP) is 5.06. The van der Waals surface area contributed by atoms with Crippen LogP contribution in [0.2, 0.25) is 10.0 Å². The Bertz CT molecular complexity index is 1020. The molecule has 1 aliphatic rings. The average molecular weight is 476 g/mol. The van der Waals surface area contributed by atoms with Crippen molar-refractivity contribution in [3.63, 3.8) is 0 Å². The van der Waals surface area contributed by atoms with E-state index in [-0.39, 0.29) is 58.7 Å². The number of nitrogens with one attached hydrogen (secondary N) is 1. The molecule has 0 amide bonds. The van der Waals surface area contributed by atoms with Crippen molar-refractivity contribution in [1.29, 1.82) is 0 Å². The summed E-state index contributed by atoms with van der Waals surface area (Å²) in [6.45, 7) is 2.09. The standard InChI is InChI=1S/C20H21Cl2F2N3O2S/c1-14-6-8-15(9-7-14)30(28,29)26-25-19(18-16(21)4-2-5-17(18)22)27-12-3-10-20(23,24)11-13-27/h2,4-9,26H,3,10-13H2,1H3/b25-19+. The Balaban J connectivity index is 2.00. The number of nitrogens with zero attached hydrogens (tertiary/aromatic N) is 2. The lowest BCUT2D eigenvalue weighted by Gasteiger charge is -2.25. The van der Waals surface area contributed by atoms with E-state index in [1.807, 2.05) is 6.92 Å². The molecular formula is C20H21Cl2F2N3O2S. The molecule has 3 rings (SSSR count). The molecule has 0 spiro atoms. The summed E-state index contributed by atoms with van der Waals surface area (Å²) in [6.07, 6.45) is -0.403. The summed E-state index contributed by atoms with van der Waals surface area (Å²) in [5, 5.41) is 4.57. The van der Waals surface area contributed by atoms with Gasteiger partial charge in [0.2, 0.25) is 5.92 Å². The van der Waals surface area contributed by atoms with Gasteiger partial charge in [-0.1, -0.05) is 47.0 Å². The lowest BCUT2D eigenvalue weighted by atomic mass is 10.1. The fourth-order valence-electron chi connectivity index (χ4n) is 3.15. The van der Waals surface area contributed by atoms with E-state index < -0.39 is 15.9 Å². The van der Waals surface area contributed by atoms with Crippen LogP contribution >= 0.6 is 23.2 Å². The summed E-state index contributed by atoms with van der Waals surface area (Å²) in [7, 11) is -3.97. The van der Waals surface area contributed by atoms with Gasteiger partial charge < -0.3 is 4.90 Å². The maximum atomic E-state index is 13.9. The van der Waals surface area contributed by atoms with Crippen LogP contribution in [0.15, 0.2) is 52.5 Å². The Kier molecular flexibility index (Phi) is 6.89. The summed E-state index contributed by atoms with van der Waals surface area (Å²) in [4.78, 5) is 3.82. The van der Waals surface area contributed by atoms with Gasteiger partial charge in [-0.25, -0.2) is 8.78 Å². The second kappa shape index (κ2) is 9.08. The molecule has 0 bridgehead atoms. The van der Waals surface area contributed by atoms with E-state index in [0.717, 1.165) is 5.56 Å². The van der Waals surface area contributed by atoms with E-state index in [1.165, 1.54) is 12.1 Å². The third-order valence-electron chi connectivity index (χ3n) is 4.81. The molecule has 2 aromatic rings. The lowest BCUT2D eigenvalue weighted by Crippen LogP contribution is -2.36. The summed E-state index contributed by atoms with van der Waals surface area (Å²) in [5.41, 5.74) is 1.20. The highest BCUT2D eigenvalue weighted by Gasteiger charge is 2.33. The van der Waals surface area contributed by atoms with Gasteiger partial charge in [0.25, 0.3) is 10.0 Å². The molecule has 1 aliphatic heterocycles. The Morgan fingerprint density at radius 1 is 1.07 bits per heavy atom. The van der Waals surface area contributed by atoms with Gasteiger partial charge in [0.05, 0.1) is 20.5 Å². The van der Waals surface area contributed by atoms with Crippen molar-refractivity contribution < 1.29 is 17.2 Å². The molecule has 162 valence electrons. The van der Waals surface area contributed by atoms with E-state index in [9.17, 15) is 17.2 Å². The van der Waals surface area contributed by atoms with Gasteiger partial charge in [0, 0.05) is 25.9 Å². The second-order valence-electron chi connectivity index (χ2n) is 7.14. The smallest absolute Gasteiger partial charge is 0.276 e. The van der Waals surface area contributed by atoms with Crippen molar-refractivity contribution in [2.45, 2.75) is 37.0 Å². The zero-order chi connectivity index (χ0) is 21.9. The van der Waals surface area contributed by atoms with E-state index in [2.05, 4.69) is 9.93 Å². The predicted molar refractivity (Wildman–Crippen MR) is 115 cm³/mol.